The molecule has 0 amide bonds. The van der Waals surface area contributed by atoms with Gasteiger partial charge in [0.15, 0.2) is 5.78 Å². The number of halogens is 1. The van der Waals surface area contributed by atoms with E-state index in [2.05, 4.69) is 30.1 Å². The molecule has 0 aliphatic heterocycles. The molecule has 0 fully saturated rings. The molecule has 4 aromatic rings. The molecule has 4 rings (SSSR count). The minimum atomic E-state index is -0.417. The molecule has 0 saturated heterocycles. The zero-order valence-electron chi connectivity index (χ0n) is 22.8. The van der Waals surface area contributed by atoms with Crippen molar-refractivity contribution in [2.45, 2.75) is 55.4 Å². The van der Waals surface area contributed by atoms with Gasteiger partial charge in [-0.2, -0.15) is 0 Å². The summed E-state index contributed by atoms with van der Waals surface area (Å²) in [7, 11) is 0. The van der Waals surface area contributed by atoms with Crippen LogP contribution in [0.3, 0.4) is 0 Å². The van der Waals surface area contributed by atoms with E-state index in [1.807, 2.05) is 78.9 Å². The standard InChI is InChI=1S/C21H15FN.C11H20O2.Ir/c1-13-9-14(2)11-17(10-13)21-20-15(7-8-23-21)3-4-16-12-18(22)5-6-19(16)20;1-10(2,3)8(12)7-9(13)11(4,5)6;/h3-10,12H,1-2H3;7,12H,1-6H3;/q-1;;. The maximum Gasteiger partial charge on any atom is 0.164 e. The van der Waals surface area contributed by atoms with E-state index in [1.54, 1.807) is 6.07 Å². The maximum absolute atomic E-state index is 13.5. The minimum absolute atomic E-state index is 0. The van der Waals surface area contributed by atoms with Crippen LogP contribution in [0.15, 0.2) is 66.6 Å². The molecule has 1 N–H and O–H groups in total. The Labute approximate surface area is 233 Å². The van der Waals surface area contributed by atoms with Crippen molar-refractivity contribution < 1.29 is 34.4 Å². The summed E-state index contributed by atoms with van der Waals surface area (Å²) in [6.07, 6.45) is 3.15. The van der Waals surface area contributed by atoms with Gasteiger partial charge in [-0.15, -0.1) is 34.9 Å². The predicted molar refractivity (Wildman–Crippen MR) is 148 cm³/mol. The molecule has 0 bridgehead atoms. The number of carbonyl (C=O) groups excluding carboxylic acids is 1. The molecule has 1 radical (unpaired) electrons. The third kappa shape index (κ3) is 7.56. The van der Waals surface area contributed by atoms with Crippen LogP contribution in [0.5, 0.6) is 0 Å². The van der Waals surface area contributed by atoms with E-state index < -0.39 is 5.41 Å². The molecule has 0 spiro atoms. The first-order chi connectivity index (χ1) is 16.7. The Hall–Kier alpha value is -2.88. The van der Waals surface area contributed by atoms with Crippen LogP contribution in [-0.4, -0.2) is 15.9 Å². The summed E-state index contributed by atoms with van der Waals surface area (Å²) in [5.74, 6) is -0.118. The molecule has 1 heterocycles. The van der Waals surface area contributed by atoms with Gasteiger partial charge in [0.25, 0.3) is 0 Å². The van der Waals surface area contributed by atoms with Crippen molar-refractivity contribution >= 4 is 27.3 Å². The summed E-state index contributed by atoms with van der Waals surface area (Å²) < 4.78 is 13.5. The minimum Gasteiger partial charge on any atom is -0.512 e. The predicted octanol–water partition coefficient (Wildman–Crippen LogP) is 8.70. The van der Waals surface area contributed by atoms with Gasteiger partial charge in [0.2, 0.25) is 0 Å². The molecule has 37 heavy (non-hydrogen) atoms. The van der Waals surface area contributed by atoms with E-state index >= 15 is 0 Å². The number of aliphatic hydroxyl groups is 1. The fourth-order valence-corrected chi connectivity index (χ4v) is 3.76. The van der Waals surface area contributed by atoms with E-state index in [-0.39, 0.29) is 42.9 Å². The first-order valence-corrected chi connectivity index (χ1v) is 12.1. The smallest absolute Gasteiger partial charge is 0.164 e. The maximum atomic E-state index is 13.5. The van der Waals surface area contributed by atoms with E-state index in [4.69, 9.17) is 0 Å². The van der Waals surface area contributed by atoms with Crippen molar-refractivity contribution in [3.63, 3.8) is 0 Å². The van der Waals surface area contributed by atoms with Gasteiger partial charge in [-0.1, -0.05) is 73.6 Å². The number of pyridine rings is 1. The zero-order chi connectivity index (χ0) is 26.8. The number of nitrogens with zero attached hydrogens (tertiary/aromatic N) is 1. The third-order valence-electron chi connectivity index (χ3n) is 5.89. The number of aryl methyl sites for hydroxylation is 2. The summed E-state index contributed by atoms with van der Waals surface area (Å²) in [6.45, 7) is 15.2. The number of hydrogen-bond donors (Lipinski definition) is 1. The Kier molecular flexibility index (Phi) is 9.57. The van der Waals surface area contributed by atoms with Crippen molar-refractivity contribution in [2.75, 3.05) is 0 Å². The van der Waals surface area contributed by atoms with Crippen molar-refractivity contribution in [1.29, 1.82) is 0 Å². The molecule has 1 aromatic heterocycles. The molecular formula is C32H35FIrNO2-. The van der Waals surface area contributed by atoms with Crippen molar-refractivity contribution in [3.05, 3.63) is 89.6 Å². The molecule has 3 nitrogen and oxygen atoms in total. The van der Waals surface area contributed by atoms with Crippen molar-refractivity contribution in [3.8, 4) is 11.3 Å². The van der Waals surface area contributed by atoms with Crippen molar-refractivity contribution in [2.24, 2.45) is 10.8 Å². The quantitative estimate of drug-likeness (QED) is 0.100. The van der Waals surface area contributed by atoms with Crippen LogP contribution in [-0.2, 0) is 24.9 Å². The molecule has 0 saturated carbocycles. The molecule has 0 atom stereocenters. The van der Waals surface area contributed by atoms with Crippen LogP contribution in [0.4, 0.5) is 4.39 Å². The fourth-order valence-electron chi connectivity index (χ4n) is 3.76. The second-order valence-electron chi connectivity index (χ2n) is 11.3. The number of fused-ring (bicyclic) bond motifs is 3. The van der Waals surface area contributed by atoms with Crippen LogP contribution in [0.2, 0.25) is 0 Å². The SMILES string of the molecule is CC(C)(C)C(=O)C=C(O)C(C)(C)C.Cc1[c-]c(-c2nccc3ccc4cc(F)ccc4c23)cc(C)c1.[Ir]. The van der Waals surface area contributed by atoms with E-state index in [0.717, 1.165) is 38.4 Å². The van der Waals surface area contributed by atoms with Gasteiger partial charge in [-0.05, 0) is 45.4 Å². The van der Waals surface area contributed by atoms with Gasteiger partial charge < -0.3 is 10.1 Å². The monoisotopic (exact) mass is 677 g/mol. The average molecular weight is 677 g/mol. The number of allylic oxidation sites excluding steroid dienone is 2. The van der Waals surface area contributed by atoms with Crippen LogP contribution in [0.25, 0.3) is 32.8 Å². The molecule has 0 aliphatic rings. The second kappa shape index (κ2) is 11.7. The first kappa shape index (κ1) is 30.3. The van der Waals surface area contributed by atoms with Gasteiger partial charge >= 0.3 is 0 Å². The number of rotatable bonds is 2. The number of ketones is 1. The number of aliphatic hydroxyl groups excluding tert-OH is 1. The molecule has 197 valence electrons. The number of hydrogen-bond acceptors (Lipinski definition) is 3. The number of aromatic nitrogens is 1. The van der Waals surface area contributed by atoms with Gasteiger partial charge in [0.1, 0.15) is 11.6 Å². The van der Waals surface area contributed by atoms with Gasteiger partial charge in [-0.3, -0.25) is 4.79 Å². The summed E-state index contributed by atoms with van der Waals surface area (Å²) >= 11 is 0. The molecule has 0 aliphatic carbocycles. The van der Waals surface area contributed by atoms with Crippen LogP contribution < -0.4 is 0 Å². The normalized spacial score (nSPS) is 12.1. The Balaban J connectivity index is 0.000000299. The fraction of sp³-hybridized carbons (Fsp3) is 0.312. The Morgan fingerprint density at radius 2 is 1.57 bits per heavy atom. The second-order valence-corrected chi connectivity index (χ2v) is 11.3. The van der Waals surface area contributed by atoms with E-state index in [0.29, 0.717) is 0 Å². The number of carbonyl (C=O) groups is 1. The summed E-state index contributed by atoms with van der Waals surface area (Å²) in [5, 5.41) is 13.6. The summed E-state index contributed by atoms with van der Waals surface area (Å²) in [4.78, 5) is 16.1. The Bertz CT molecular complexity index is 1440. The number of benzene rings is 3. The van der Waals surface area contributed by atoms with E-state index in [1.165, 1.54) is 17.7 Å². The summed E-state index contributed by atoms with van der Waals surface area (Å²) in [6, 6.07) is 18.5. The van der Waals surface area contributed by atoms with E-state index in [9.17, 15) is 14.3 Å². The zero-order valence-corrected chi connectivity index (χ0v) is 25.2. The van der Waals surface area contributed by atoms with Crippen LogP contribution in [0.1, 0.15) is 52.7 Å². The molecular weight excluding hydrogens is 642 g/mol. The topological polar surface area (TPSA) is 50.2 Å². The first-order valence-electron chi connectivity index (χ1n) is 12.1. The van der Waals surface area contributed by atoms with Crippen molar-refractivity contribution in [1.82, 2.24) is 4.98 Å². The van der Waals surface area contributed by atoms with Crippen LogP contribution >= 0.6 is 0 Å². The Morgan fingerprint density at radius 3 is 2.16 bits per heavy atom. The molecule has 5 heteroatoms. The average Bonchev–Trinajstić information content (AvgIpc) is 2.76. The Morgan fingerprint density at radius 1 is 0.919 bits per heavy atom. The van der Waals surface area contributed by atoms with Gasteiger partial charge in [0.05, 0.1) is 0 Å². The molecule has 3 aromatic carbocycles. The third-order valence-corrected chi connectivity index (χ3v) is 5.89. The van der Waals surface area contributed by atoms with Crippen LogP contribution in [0, 0.1) is 36.6 Å². The van der Waals surface area contributed by atoms with Gasteiger partial charge in [0, 0.05) is 43.2 Å². The molecule has 0 unspecified atom stereocenters. The largest absolute Gasteiger partial charge is 0.512 e. The summed E-state index contributed by atoms with van der Waals surface area (Å²) in [5.41, 5.74) is 3.38. The van der Waals surface area contributed by atoms with Gasteiger partial charge in [-0.25, -0.2) is 4.39 Å².